The first-order valence-corrected chi connectivity index (χ1v) is 11.6. The van der Waals surface area contributed by atoms with Gasteiger partial charge in [-0.3, -0.25) is 19.6 Å². The van der Waals surface area contributed by atoms with Gasteiger partial charge < -0.3 is 15.2 Å². The van der Waals surface area contributed by atoms with Crippen molar-refractivity contribution in [2.45, 2.75) is 38.1 Å². The number of hydrogen-bond acceptors (Lipinski definition) is 5. The van der Waals surface area contributed by atoms with Gasteiger partial charge in [-0.05, 0) is 28.7 Å². The van der Waals surface area contributed by atoms with E-state index in [1.165, 1.54) is 10.7 Å². The summed E-state index contributed by atoms with van der Waals surface area (Å²) in [7, 11) is 1.57. The van der Waals surface area contributed by atoms with Gasteiger partial charge in [0.05, 0.1) is 6.42 Å². The van der Waals surface area contributed by atoms with E-state index >= 15 is 0 Å². The Hall–Kier alpha value is -4.14. The summed E-state index contributed by atoms with van der Waals surface area (Å²) in [5, 5.41) is 18.5. The average Bonchev–Trinajstić information content (AvgIpc) is 3.35. The molecule has 1 atom stereocenters. The molecule has 1 aromatic heterocycles. The Morgan fingerprint density at radius 2 is 1.71 bits per heavy atom. The summed E-state index contributed by atoms with van der Waals surface area (Å²) in [6.07, 6.45) is 0.438. The summed E-state index contributed by atoms with van der Waals surface area (Å²) >= 11 is 0. The number of anilines is 1. The molecule has 4 rings (SSSR count). The molecule has 0 bridgehead atoms. The molecule has 9 heteroatoms. The summed E-state index contributed by atoms with van der Waals surface area (Å²) in [6.45, 7) is 2.08. The van der Waals surface area contributed by atoms with Gasteiger partial charge in [-0.25, -0.2) is 4.79 Å². The number of carboxylic acids is 1. The first-order chi connectivity index (χ1) is 16.9. The zero-order chi connectivity index (χ0) is 24.9. The van der Waals surface area contributed by atoms with E-state index < -0.39 is 24.0 Å². The summed E-state index contributed by atoms with van der Waals surface area (Å²) in [5.74, 6) is -1.34. The van der Waals surface area contributed by atoms with E-state index in [1.54, 1.807) is 7.05 Å². The molecule has 3 N–H and O–H groups in total. The van der Waals surface area contributed by atoms with Crippen LogP contribution in [-0.4, -0.2) is 45.5 Å². The zero-order valence-electron chi connectivity index (χ0n) is 19.7. The topological polar surface area (TPSA) is 123 Å². The van der Waals surface area contributed by atoms with E-state index in [9.17, 15) is 14.4 Å². The smallest absolute Gasteiger partial charge is 0.412 e. The van der Waals surface area contributed by atoms with Crippen molar-refractivity contribution in [3.8, 4) is 11.1 Å². The highest BCUT2D eigenvalue weighted by Gasteiger charge is 2.29. The maximum atomic E-state index is 12.7. The Morgan fingerprint density at radius 3 is 2.31 bits per heavy atom. The van der Waals surface area contributed by atoms with Crippen LogP contribution in [0.1, 0.15) is 53.7 Å². The third kappa shape index (κ3) is 5.34. The third-order valence-corrected chi connectivity index (χ3v) is 6.08. The maximum Gasteiger partial charge on any atom is 0.412 e. The number of aliphatic carboxylic acids is 1. The molecular weight excluding hydrogens is 448 g/mol. The number of hydrogen-bond donors (Lipinski definition) is 3. The Bertz CT molecular complexity index is 1210. The number of ether oxygens (including phenoxy) is 1. The van der Waals surface area contributed by atoms with Crippen LogP contribution in [0.2, 0.25) is 0 Å². The van der Waals surface area contributed by atoms with Gasteiger partial charge >= 0.3 is 12.1 Å². The van der Waals surface area contributed by atoms with Gasteiger partial charge in [0, 0.05) is 25.1 Å². The number of nitrogens with one attached hydrogen (secondary N) is 2. The molecule has 0 radical (unpaired) electrons. The lowest BCUT2D eigenvalue weighted by atomic mass is 9.98. The highest BCUT2D eigenvalue weighted by molar-refractivity contribution is 5.95. The van der Waals surface area contributed by atoms with E-state index in [2.05, 4.69) is 27.9 Å². The molecule has 0 unspecified atom stereocenters. The fourth-order valence-corrected chi connectivity index (χ4v) is 4.52. The normalized spacial score (nSPS) is 13.0. The molecule has 182 valence electrons. The monoisotopic (exact) mass is 476 g/mol. The number of aromatic nitrogens is 2. The Balaban J connectivity index is 1.39. The van der Waals surface area contributed by atoms with E-state index in [0.29, 0.717) is 6.42 Å². The Kier molecular flexibility index (Phi) is 7.14. The SMILES string of the molecule is CCC[C@@H](CC(=O)O)NC(=O)c1cc(NC(=O)OCC2c3ccccc3-c3ccccc32)nn1C. The van der Waals surface area contributed by atoms with E-state index in [0.717, 1.165) is 28.7 Å². The van der Waals surface area contributed by atoms with Crippen LogP contribution in [0.25, 0.3) is 11.1 Å². The van der Waals surface area contributed by atoms with Crippen molar-refractivity contribution >= 4 is 23.8 Å². The molecule has 1 aliphatic rings. The average molecular weight is 477 g/mol. The zero-order valence-corrected chi connectivity index (χ0v) is 19.7. The second-order valence-electron chi connectivity index (χ2n) is 8.55. The molecule has 0 saturated carbocycles. The van der Waals surface area contributed by atoms with Crippen molar-refractivity contribution in [3.63, 3.8) is 0 Å². The van der Waals surface area contributed by atoms with Crippen LogP contribution in [0.5, 0.6) is 0 Å². The predicted octanol–water partition coefficient (Wildman–Crippen LogP) is 4.15. The summed E-state index contributed by atoms with van der Waals surface area (Å²) in [6, 6.07) is 17.1. The number of benzene rings is 2. The molecule has 1 heterocycles. The van der Waals surface area contributed by atoms with Crippen LogP contribution in [-0.2, 0) is 16.6 Å². The van der Waals surface area contributed by atoms with Crippen molar-refractivity contribution in [3.05, 3.63) is 71.4 Å². The predicted molar refractivity (Wildman–Crippen MR) is 130 cm³/mol. The van der Waals surface area contributed by atoms with Crippen LogP contribution >= 0.6 is 0 Å². The third-order valence-electron chi connectivity index (χ3n) is 6.08. The van der Waals surface area contributed by atoms with Crippen LogP contribution in [0.15, 0.2) is 54.6 Å². The fourth-order valence-electron chi connectivity index (χ4n) is 4.52. The Labute approximate surface area is 203 Å². The minimum Gasteiger partial charge on any atom is -0.481 e. The van der Waals surface area contributed by atoms with Crippen molar-refractivity contribution in [1.82, 2.24) is 15.1 Å². The second-order valence-corrected chi connectivity index (χ2v) is 8.55. The van der Waals surface area contributed by atoms with Gasteiger partial charge in [-0.1, -0.05) is 61.9 Å². The highest BCUT2D eigenvalue weighted by atomic mass is 16.5. The molecule has 9 nitrogen and oxygen atoms in total. The van der Waals surface area contributed by atoms with Gasteiger partial charge in [-0.15, -0.1) is 0 Å². The lowest BCUT2D eigenvalue weighted by Gasteiger charge is -2.15. The summed E-state index contributed by atoms with van der Waals surface area (Å²) < 4.78 is 6.86. The van der Waals surface area contributed by atoms with Crippen molar-refractivity contribution in [2.24, 2.45) is 7.05 Å². The lowest BCUT2D eigenvalue weighted by Crippen LogP contribution is -2.37. The molecular formula is C26H28N4O5. The molecule has 0 spiro atoms. The molecule has 0 saturated heterocycles. The van der Waals surface area contributed by atoms with Crippen molar-refractivity contribution in [2.75, 3.05) is 11.9 Å². The molecule has 1 aliphatic carbocycles. The first kappa shape index (κ1) is 24.0. The van der Waals surface area contributed by atoms with Gasteiger partial charge in [0.2, 0.25) is 0 Å². The molecule has 0 fully saturated rings. The Morgan fingerprint density at radius 1 is 1.09 bits per heavy atom. The van der Waals surface area contributed by atoms with E-state index in [1.807, 2.05) is 43.3 Å². The second kappa shape index (κ2) is 10.4. The van der Waals surface area contributed by atoms with Crippen LogP contribution in [0, 0.1) is 0 Å². The summed E-state index contributed by atoms with van der Waals surface area (Å²) in [4.78, 5) is 36.2. The van der Waals surface area contributed by atoms with Crippen LogP contribution < -0.4 is 10.6 Å². The summed E-state index contributed by atoms with van der Waals surface area (Å²) in [5.41, 5.74) is 4.71. The maximum absolute atomic E-state index is 12.7. The number of carbonyl (C=O) groups is 3. The number of aryl methyl sites for hydroxylation is 1. The number of carboxylic acid groups (broad SMARTS) is 1. The molecule has 0 aliphatic heterocycles. The quantitative estimate of drug-likeness (QED) is 0.426. The molecule has 3 aromatic rings. The molecule has 2 amide bonds. The number of amides is 2. The first-order valence-electron chi connectivity index (χ1n) is 11.6. The number of nitrogens with zero attached hydrogens (tertiary/aromatic N) is 2. The standard InChI is InChI=1S/C26H28N4O5/c1-3-8-16(13-24(31)32)27-25(33)22-14-23(29-30(22)2)28-26(34)35-15-21-19-11-6-4-9-17(19)18-10-5-7-12-20(18)21/h4-7,9-12,14,16,21H,3,8,13,15H2,1-2H3,(H,27,33)(H,31,32)(H,28,29,34)/t16-/m0/s1. The number of rotatable bonds is 9. The lowest BCUT2D eigenvalue weighted by molar-refractivity contribution is -0.137. The molecule has 35 heavy (non-hydrogen) atoms. The van der Waals surface area contributed by atoms with Gasteiger partial charge in [0.1, 0.15) is 12.3 Å². The van der Waals surface area contributed by atoms with Crippen molar-refractivity contribution < 1.29 is 24.2 Å². The number of carbonyl (C=O) groups excluding carboxylic acids is 2. The van der Waals surface area contributed by atoms with Crippen molar-refractivity contribution in [1.29, 1.82) is 0 Å². The molecule has 2 aromatic carbocycles. The number of fused-ring (bicyclic) bond motifs is 3. The van der Waals surface area contributed by atoms with Gasteiger partial charge in [-0.2, -0.15) is 5.10 Å². The van der Waals surface area contributed by atoms with Crippen LogP contribution in [0.4, 0.5) is 10.6 Å². The minimum absolute atomic E-state index is 0.0667. The van der Waals surface area contributed by atoms with Crippen LogP contribution in [0.3, 0.4) is 0 Å². The van der Waals surface area contributed by atoms with E-state index in [4.69, 9.17) is 9.84 Å². The highest BCUT2D eigenvalue weighted by Crippen LogP contribution is 2.44. The largest absolute Gasteiger partial charge is 0.481 e. The van der Waals surface area contributed by atoms with Gasteiger partial charge in [0.15, 0.2) is 5.82 Å². The van der Waals surface area contributed by atoms with E-state index in [-0.39, 0.29) is 30.5 Å². The fraction of sp³-hybridized carbons (Fsp3) is 0.308. The van der Waals surface area contributed by atoms with Gasteiger partial charge in [0.25, 0.3) is 5.91 Å². The minimum atomic E-state index is -0.980.